The average molecular weight is 287 g/mol. The van der Waals surface area contributed by atoms with Crippen LogP contribution in [-0.2, 0) is 0 Å². The van der Waals surface area contributed by atoms with Gasteiger partial charge in [0.1, 0.15) is 5.56 Å². The summed E-state index contributed by atoms with van der Waals surface area (Å²) in [5.41, 5.74) is 0.645. The van der Waals surface area contributed by atoms with Crippen molar-refractivity contribution in [2.75, 3.05) is 6.54 Å². The van der Waals surface area contributed by atoms with Gasteiger partial charge in [-0.2, -0.15) is 0 Å². The van der Waals surface area contributed by atoms with Crippen LogP contribution in [0, 0.1) is 6.92 Å². The third kappa shape index (κ3) is 3.48. The minimum absolute atomic E-state index is 0.154. The van der Waals surface area contributed by atoms with Gasteiger partial charge in [0.15, 0.2) is 5.43 Å². The van der Waals surface area contributed by atoms with Crippen LogP contribution < -0.4 is 10.7 Å². The molecule has 1 rings (SSSR count). The van der Waals surface area contributed by atoms with Crippen molar-refractivity contribution in [1.82, 2.24) is 10.3 Å². The maximum absolute atomic E-state index is 11.6. The molecular formula is C11H15BrN2O2. The number of carbonyl (C=O) groups is 1. The number of hydrogen-bond donors (Lipinski definition) is 2. The Morgan fingerprint density at radius 2 is 2.31 bits per heavy atom. The number of pyridine rings is 1. The van der Waals surface area contributed by atoms with Crippen LogP contribution in [0.25, 0.3) is 0 Å². The number of aromatic nitrogens is 1. The summed E-state index contributed by atoms with van der Waals surface area (Å²) in [4.78, 5) is 26.2. The van der Waals surface area contributed by atoms with Crippen molar-refractivity contribution in [3.8, 4) is 0 Å². The molecule has 0 saturated heterocycles. The van der Waals surface area contributed by atoms with Crippen LogP contribution in [-0.4, -0.2) is 22.3 Å². The van der Waals surface area contributed by atoms with Gasteiger partial charge in [0, 0.05) is 29.3 Å². The Morgan fingerprint density at radius 3 is 2.88 bits per heavy atom. The molecule has 2 N–H and O–H groups in total. The zero-order chi connectivity index (χ0) is 12.1. The van der Waals surface area contributed by atoms with Gasteiger partial charge in [0.2, 0.25) is 0 Å². The first-order valence-electron chi connectivity index (χ1n) is 5.16. The first kappa shape index (κ1) is 13.0. The van der Waals surface area contributed by atoms with E-state index in [0.29, 0.717) is 6.54 Å². The Hall–Kier alpha value is -1.10. The molecule has 0 aliphatic heterocycles. The van der Waals surface area contributed by atoms with Crippen molar-refractivity contribution in [3.63, 3.8) is 0 Å². The van der Waals surface area contributed by atoms with Gasteiger partial charge in [-0.05, 0) is 13.3 Å². The Morgan fingerprint density at radius 1 is 1.62 bits per heavy atom. The van der Waals surface area contributed by atoms with E-state index in [0.717, 1.165) is 12.1 Å². The molecule has 1 unspecified atom stereocenters. The van der Waals surface area contributed by atoms with Gasteiger partial charge in [0.05, 0.1) is 0 Å². The van der Waals surface area contributed by atoms with Crippen molar-refractivity contribution in [2.24, 2.45) is 0 Å². The molecule has 88 valence electrons. The predicted octanol–water partition coefficient (Wildman–Crippen LogP) is 1.59. The lowest BCUT2D eigenvalue weighted by Gasteiger charge is -2.08. The van der Waals surface area contributed by atoms with E-state index in [-0.39, 0.29) is 21.7 Å². The number of aryl methyl sites for hydroxylation is 1. The van der Waals surface area contributed by atoms with Crippen LogP contribution in [0.3, 0.4) is 0 Å². The number of rotatable bonds is 4. The SMILES string of the molecule is CCC(Br)CNC(=O)c1c[nH]c(C)cc1=O. The molecule has 1 aromatic heterocycles. The van der Waals surface area contributed by atoms with Crippen molar-refractivity contribution in [1.29, 1.82) is 0 Å². The van der Waals surface area contributed by atoms with Gasteiger partial charge >= 0.3 is 0 Å². The summed E-state index contributed by atoms with van der Waals surface area (Å²) in [5.74, 6) is -0.334. The monoisotopic (exact) mass is 286 g/mol. The van der Waals surface area contributed by atoms with Gasteiger partial charge < -0.3 is 10.3 Å². The summed E-state index contributed by atoms with van der Waals surface area (Å²) in [6.07, 6.45) is 2.37. The quantitative estimate of drug-likeness (QED) is 0.826. The lowest BCUT2D eigenvalue weighted by molar-refractivity contribution is 0.0952. The second-order valence-electron chi connectivity index (χ2n) is 3.61. The molecule has 0 fully saturated rings. The molecule has 1 atom stereocenters. The first-order chi connectivity index (χ1) is 7.54. The van der Waals surface area contributed by atoms with Crippen LogP contribution in [0.15, 0.2) is 17.1 Å². The normalized spacial score (nSPS) is 12.2. The van der Waals surface area contributed by atoms with Crippen molar-refractivity contribution >= 4 is 21.8 Å². The summed E-state index contributed by atoms with van der Waals surface area (Å²) in [7, 11) is 0. The van der Waals surface area contributed by atoms with Crippen LogP contribution in [0.1, 0.15) is 29.4 Å². The van der Waals surface area contributed by atoms with E-state index in [1.165, 1.54) is 12.3 Å². The maximum Gasteiger partial charge on any atom is 0.256 e. The lowest BCUT2D eigenvalue weighted by atomic mass is 10.2. The zero-order valence-corrected chi connectivity index (χ0v) is 10.9. The number of nitrogens with one attached hydrogen (secondary N) is 2. The van der Waals surface area contributed by atoms with Crippen LogP contribution >= 0.6 is 15.9 Å². The first-order valence-corrected chi connectivity index (χ1v) is 6.07. The van der Waals surface area contributed by atoms with Crippen LogP contribution in [0.4, 0.5) is 0 Å². The van der Waals surface area contributed by atoms with Crippen molar-refractivity contribution in [3.05, 3.63) is 33.7 Å². The number of halogens is 1. The predicted molar refractivity (Wildman–Crippen MR) is 67.1 cm³/mol. The summed E-state index contributed by atoms with van der Waals surface area (Å²) in [6, 6.07) is 1.42. The molecule has 0 aromatic carbocycles. The van der Waals surface area contributed by atoms with Gasteiger partial charge in [-0.15, -0.1) is 0 Å². The standard InChI is InChI=1S/C11H15BrN2O2/c1-3-8(12)5-14-11(16)9-6-13-7(2)4-10(9)15/h4,6,8H,3,5H2,1-2H3,(H,13,15)(H,14,16). The topological polar surface area (TPSA) is 62.0 Å². The second-order valence-corrected chi connectivity index (χ2v) is 4.90. The van der Waals surface area contributed by atoms with Gasteiger partial charge in [-0.3, -0.25) is 9.59 Å². The number of aromatic amines is 1. The molecular weight excluding hydrogens is 272 g/mol. The molecule has 0 radical (unpaired) electrons. The maximum atomic E-state index is 11.6. The van der Waals surface area contributed by atoms with E-state index in [9.17, 15) is 9.59 Å². The Kier molecular flexibility index (Phi) is 4.73. The fraction of sp³-hybridized carbons (Fsp3) is 0.455. The highest BCUT2D eigenvalue weighted by molar-refractivity contribution is 9.09. The van der Waals surface area contributed by atoms with Gasteiger partial charge in [0.25, 0.3) is 5.91 Å². The highest BCUT2D eigenvalue weighted by atomic mass is 79.9. The smallest absolute Gasteiger partial charge is 0.256 e. The largest absolute Gasteiger partial charge is 0.364 e. The number of amides is 1. The van der Waals surface area contributed by atoms with E-state index in [1.807, 2.05) is 6.92 Å². The Bertz CT molecular complexity index is 428. The lowest BCUT2D eigenvalue weighted by Crippen LogP contribution is -2.32. The number of alkyl halides is 1. The van der Waals surface area contributed by atoms with E-state index >= 15 is 0 Å². The Labute approximate surface area is 103 Å². The summed E-state index contributed by atoms with van der Waals surface area (Å²) in [6.45, 7) is 4.31. The van der Waals surface area contributed by atoms with Crippen LogP contribution in [0.2, 0.25) is 0 Å². The highest BCUT2D eigenvalue weighted by Gasteiger charge is 2.11. The molecule has 1 amide bonds. The number of hydrogen-bond acceptors (Lipinski definition) is 2. The summed E-state index contributed by atoms with van der Waals surface area (Å²) < 4.78 is 0. The third-order valence-corrected chi connectivity index (χ3v) is 3.20. The second kappa shape index (κ2) is 5.84. The molecule has 0 aliphatic rings. The van der Waals surface area contributed by atoms with Crippen molar-refractivity contribution < 1.29 is 4.79 Å². The molecule has 0 aliphatic carbocycles. The molecule has 4 nitrogen and oxygen atoms in total. The number of H-pyrrole nitrogens is 1. The minimum atomic E-state index is -0.334. The van der Waals surface area contributed by atoms with E-state index in [2.05, 4.69) is 26.2 Å². The van der Waals surface area contributed by atoms with Gasteiger partial charge in [-0.25, -0.2) is 0 Å². The van der Waals surface area contributed by atoms with E-state index in [1.54, 1.807) is 6.92 Å². The average Bonchev–Trinajstić information content (AvgIpc) is 2.25. The zero-order valence-electron chi connectivity index (χ0n) is 9.34. The summed E-state index contributed by atoms with van der Waals surface area (Å²) >= 11 is 3.41. The number of carbonyl (C=O) groups excluding carboxylic acids is 1. The van der Waals surface area contributed by atoms with Gasteiger partial charge in [-0.1, -0.05) is 22.9 Å². The molecule has 1 aromatic rings. The molecule has 5 heteroatoms. The molecule has 16 heavy (non-hydrogen) atoms. The Balaban J connectivity index is 2.70. The highest BCUT2D eigenvalue weighted by Crippen LogP contribution is 2.02. The fourth-order valence-electron chi connectivity index (χ4n) is 1.19. The minimum Gasteiger partial charge on any atom is -0.364 e. The molecule has 0 bridgehead atoms. The van der Waals surface area contributed by atoms with Crippen molar-refractivity contribution in [2.45, 2.75) is 25.1 Å². The third-order valence-electron chi connectivity index (χ3n) is 2.23. The van der Waals surface area contributed by atoms with E-state index in [4.69, 9.17) is 0 Å². The molecule has 0 saturated carbocycles. The van der Waals surface area contributed by atoms with Crippen LogP contribution in [0.5, 0.6) is 0 Å². The van der Waals surface area contributed by atoms with E-state index < -0.39 is 0 Å². The summed E-state index contributed by atoms with van der Waals surface area (Å²) in [5, 5.41) is 2.70. The molecule has 1 heterocycles. The molecule has 0 spiro atoms. The fourth-order valence-corrected chi connectivity index (χ4v) is 1.36.